The molecule has 0 N–H and O–H groups in total. The van der Waals surface area contributed by atoms with Crippen LogP contribution in [0.1, 0.15) is 5.56 Å². The zero-order chi connectivity index (χ0) is 11.5. The fourth-order valence-corrected chi connectivity index (χ4v) is 1.90. The van der Waals surface area contributed by atoms with E-state index in [1.165, 1.54) is 18.2 Å². The third-order valence-electron chi connectivity index (χ3n) is 1.55. The van der Waals surface area contributed by atoms with Crippen molar-refractivity contribution in [3.8, 4) is 5.75 Å². The Balaban J connectivity index is 2.83. The highest BCUT2D eigenvalue weighted by atomic mass is 32.2. The normalized spacial score (nSPS) is 11.7. The van der Waals surface area contributed by atoms with Gasteiger partial charge in [-0.2, -0.15) is 8.78 Å². The quantitative estimate of drug-likeness (QED) is 0.801. The van der Waals surface area contributed by atoms with Gasteiger partial charge in [0.2, 0.25) is 0 Å². The van der Waals surface area contributed by atoms with Crippen LogP contribution in [0.3, 0.4) is 0 Å². The van der Waals surface area contributed by atoms with Gasteiger partial charge < -0.3 is 4.74 Å². The second-order valence-electron chi connectivity index (χ2n) is 3.10. The van der Waals surface area contributed by atoms with Crippen LogP contribution in [0.15, 0.2) is 24.3 Å². The molecule has 0 aromatic heterocycles. The molecule has 0 saturated heterocycles. The molecule has 0 spiro atoms. The number of hydrogen-bond acceptors (Lipinski definition) is 3. The Morgan fingerprint density at radius 2 is 2.07 bits per heavy atom. The van der Waals surface area contributed by atoms with Crippen LogP contribution < -0.4 is 4.74 Å². The average Bonchev–Trinajstić information content (AvgIpc) is 1.99. The van der Waals surface area contributed by atoms with Crippen molar-refractivity contribution in [3.63, 3.8) is 0 Å². The molecule has 0 amide bonds. The van der Waals surface area contributed by atoms with Gasteiger partial charge >= 0.3 is 6.61 Å². The highest BCUT2D eigenvalue weighted by molar-refractivity contribution is 7.89. The first-order valence-corrected chi connectivity index (χ1v) is 6.14. The number of alkyl halides is 2. The van der Waals surface area contributed by atoms with Crippen LogP contribution in [0.25, 0.3) is 0 Å². The van der Waals surface area contributed by atoms with Crippen LogP contribution in [0.5, 0.6) is 5.75 Å². The number of rotatable bonds is 4. The van der Waals surface area contributed by atoms with Crippen molar-refractivity contribution < 1.29 is 21.9 Å². The summed E-state index contributed by atoms with van der Waals surface area (Å²) in [6, 6.07) is 5.64. The standard InChI is InChI=1S/C9H10F2O3S/c1-15(12,13)6-7-3-2-4-8(5-7)14-9(10)11/h2-5,9H,6H2,1H3. The third kappa shape index (κ3) is 4.73. The summed E-state index contributed by atoms with van der Waals surface area (Å²) in [5.74, 6) is -0.223. The third-order valence-corrected chi connectivity index (χ3v) is 2.41. The highest BCUT2D eigenvalue weighted by Crippen LogP contribution is 2.17. The van der Waals surface area contributed by atoms with E-state index in [0.717, 1.165) is 6.26 Å². The highest BCUT2D eigenvalue weighted by Gasteiger charge is 2.07. The molecule has 0 aliphatic heterocycles. The molecule has 3 nitrogen and oxygen atoms in total. The molecule has 0 heterocycles. The molecule has 0 atom stereocenters. The fourth-order valence-electron chi connectivity index (χ4n) is 1.11. The largest absolute Gasteiger partial charge is 0.435 e. The van der Waals surface area contributed by atoms with Gasteiger partial charge in [-0.3, -0.25) is 0 Å². The summed E-state index contributed by atoms with van der Waals surface area (Å²) in [5.41, 5.74) is 0.427. The van der Waals surface area contributed by atoms with E-state index < -0.39 is 16.4 Å². The van der Waals surface area contributed by atoms with Gasteiger partial charge in [0.25, 0.3) is 0 Å². The number of sulfone groups is 1. The topological polar surface area (TPSA) is 43.4 Å². The van der Waals surface area contributed by atoms with Crippen molar-refractivity contribution in [1.82, 2.24) is 0 Å². The Labute approximate surface area is 86.6 Å². The minimum Gasteiger partial charge on any atom is -0.435 e. The van der Waals surface area contributed by atoms with Gasteiger partial charge in [-0.1, -0.05) is 12.1 Å². The Hall–Kier alpha value is -1.17. The van der Waals surface area contributed by atoms with Crippen LogP contribution in [-0.4, -0.2) is 21.3 Å². The van der Waals surface area contributed by atoms with Crippen LogP contribution in [0.2, 0.25) is 0 Å². The fraction of sp³-hybridized carbons (Fsp3) is 0.333. The Morgan fingerprint density at radius 1 is 1.40 bits per heavy atom. The van der Waals surface area contributed by atoms with Crippen molar-refractivity contribution in [2.45, 2.75) is 12.4 Å². The zero-order valence-corrected chi connectivity index (χ0v) is 8.80. The van der Waals surface area contributed by atoms with Gasteiger partial charge in [0.15, 0.2) is 9.84 Å². The lowest BCUT2D eigenvalue weighted by Gasteiger charge is -2.05. The molecule has 0 unspecified atom stereocenters. The molecule has 0 radical (unpaired) electrons. The van der Waals surface area contributed by atoms with Crippen LogP contribution in [0, 0.1) is 0 Å². The van der Waals surface area contributed by atoms with Crippen LogP contribution in [0.4, 0.5) is 8.78 Å². The van der Waals surface area contributed by atoms with Gasteiger partial charge in [-0.15, -0.1) is 0 Å². The van der Waals surface area contributed by atoms with Crippen molar-refractivity contribution in [2.24, 2.45) is 0 Å². The maximum Gasteiger partial charge on any atom is 0.387 e. The Kier molecular flexibility index (Phi) is 3.62. The molecule has 15 heavy (non-hydrogen) atoms. The van der Waals surface area contributed by atoms with Crippen molar-refractivity contribution >= 4 is 9.84 Å². The Bertz CT molecular complexity index is 429. The second kappa shape index (κ2) is 4.57. The molecule has 0 aliphatic rings. The summed E-state index contributed by atoms with van der Waals surface area (Å²) in [6.07, 6.45) is 1.08. The van der Waals surface area contributed by atoms with E-state index in [0.29, 0.717) is 5.56 Å². The van der Waals surface area contributed by atoms with Crippen molar-refractivity contribution in [3.05, 3.63) is 29.8 Å². The van der Waals surface area contributed by atoms with E-state index in [2.05, 4.69) is 4.74 Å². The molecule has 0 aliphatic carbocycles. The molecule has 0 fully saturated rings. The van der Waals surface area contributed by atoms with E-state index >= 15 is 0 Å². The summed E-state index contributed by atoms with van der Waals surface area (Å²) in [7, 11) is -3.17. The smallest absolute Gasteiger partial charge is 0.387 e. The number of ether oxygens (including phenoxy) is 1. The van der Waals surface area contributed by atoms with Gasteiger partial charge in [0, 0.05) is 6.26 Å². The summed E-state index contributed by atoms with van der Waals surface area (Å²) in [6.45, 7) is -2.90. The monoisotopic (exact) mass is 236 g/mol. The van der Waals surface area contributed by atoms with Gasteiger partial charge in [-0.05, 0) is 17.7 Å². The molecule has 1 aromatic carbocycles. The van der Waals surface area contributed by atoms with E-state index in [4.69, 9.17) is 0 Å². The lowest BCUT2D eigenvalue weighted by molar-refractivity contribution is -0.0498. The average molecular weight is 236 g/mol. The van der Waals surface area contributed by atoms with E-state index in [1.807, 2.05) is 0 Å². The summed E-state index contributed by atoms with van der Waals surface area (Å²) in [4.78, 5) is 0. The van der Waals surface area contributed by atoms with Crippen LogP contribution in [-0.2, 0) is 15.6 Å². The maximum absolute atomic E-state index is 11.8. The molecule has 0 bridgehead atoms. The van der Waals surface area contributed by atoms with Crippen LogP contribution >= 0.6 is 0 Å². The predicted octanol–water partition coefficient (Wildman–Crippen LogP) is 1.83. The molecule has 1 aromatic rings. The van der Waals surface area contributed by atoms with Gasteiger partial charge in [0.05, 0.1) is 5.75 Å². The lowest BCUT2D eigenvalue weighted by Crippen LogP contribution is -2.04. The van der Waals surface area contributed by atoms with E-state index in [-0.39, 0.29) is 11.5 Å². The molecule has 6 heteroatoms. The van der Waals surface area contributed by atoms with Gasteiger partial charge in [0.1, 0.15) is 5.75 Å². The first kappa shape index (κ1) is 11.9. The van der Waals surface area contributed by atoms with E-state index in [9.17, 15) is 17.2 Å². The molecule has 84 valence electrons. The molecule has 1 rings (SSSR count). The maximum atomic E-state index is 11.8. The first-order chi connectivity index (χ1) is 6.87. The molecular weight excluding hydrogens is 226 g/mol. The Morgan fingerprint density at radius 3 is 2.60 bits per heavy atom. The van der Waals surface area contributed by atoms with Crippen molar-refractivity contribution in [1.29, 1.82) is 0 Å². The zero-order valence-electron chi connectivity index (χ0n) is 7.98. The lowest BCUT2D eigenvalue weighted by atomic mass is 10.2. The summed E-state index contributed by atoms with van der Waals surface area (Å²) >= 11 is 0. The SMILES string of the molecule is CS(=O)(=O)Cc1cccc(OC(F)F)c1. The minimum absolute atomic E-state index is 0.0360. The minimum atomic E-state index is -3.17. The van der Waals surface area contributed by atoms with E-state index in [1.54, 1.807) is 6.07 Å². The summed E-state index contributed by atoms with van der Waals surface area (Å²) in [5, 5.41) is 0. The summed E-state index contributed by atoms with van der Waals surface area (Å²) < 4.78 is 49.7. The predicted molar refractivity (Wildman–Crippen MR) is 51.6 cm³/mol. The molecule has 0 saturated carbocycles. The number of hydrogen-bond donors (Lipinski definition) is 0. The molecular formula is C9H10F2O3S. The van der Waals surface area contributed by atoms with Crippen molar-refractivity contribution in [2.75, 3.05) is 6.26 Å². The first-order valence-electron chi connectivity index (χ1n) is 4.08. The number of halogens is 2. The second-order valence-corrected chi connectivity index (χ2v) is 5.24. The van der Waals surface area contributed by atoms with Gasteiger partial charge in [-0.25, -0.2) is 8.42 Å². The number of benzene rings is 1.